The SMILES string of the molecule is O=C(Nc1ccc(Cl)cn1)c1c(F)cccc1F. The van der Waals surface area contributed by atoms with Gasteiger partial charge in [-0.05, 0) is 24.3 Å². The smallest absolute Gasteiger partial charge is 0.262 e. The van der Waals surface area contributed by atoms with Crippen LogP contribution in [-0.2, 0) is 0 Å². The number of carbonyl (C=O) groups excluding carboxylic acids is 1. The summed E-state index contributed by atoms with van der Waals surface area (Å²) in [5, 5.41) is 2.67. The summed E-state index contributed by atoms with van der Waals surface area (Å²) in [4.78, 5) is 15.5. The zero-order valence-electron chi connectivity index (χ0n) is 8.95. The monoisotopic (exact) mass is 268 g/mol. The Morgan fingerprint density at radius 3 is 2.39 bits per heavy atom. The lowest BCUT2D eigenvalue weighted by molar-refractivity contribution is 0.101. The number of nitrogens with zero attached hydrogens (tertiary/aromatic N) is 1. The topological polar surface area (TPSA) is 42.0 Å². The Morgan fingerprint density at radius 1 is 1.17 bits per heavy atom. The van der Waals surface area contributed by atoms with Crippen LogP contribution in [0.4, 0.5) is 14.6 Å². The first-order chi connectivity index (χ1) is 8.58. The van der Waals surface area contributed by atoms with E-state index in [0.717, 1.165) is 12.1 Å². The van der Waals surface area contributed by atoms with Crippen LogP contribution in [0.15, 0.2) is 36.5 Å². The quantitative estimate of drug-likeness (QED) is 0.908. The number of halogens is 3. The Labute approximate surface area is 106 Å². The number of pyridine rings is 1. The van der Waals surface area contributed by atoms with Gasteiger partial charge in [-0.2, -0.15) is 0 Å². The summed E-state index contributed by atoms with van der Waals surface area (Å²) in [6, 6.07) is 6.13. The van der Waals surface area contributed by atoms with E-state index in [2.05, 4.69) is 10.3 Å². The van der Waals surface area contributed by atoms with Crippen molar-refractivity contribution in [1.82, 2.24) is 4.98 Å². The summed E-state index contributed by atoms with van der Waals surface area (Å²) >= 11 is 5.62. The first-order valence-corrected chi connectivity index (χ1v) is 5.32. The molecule has 18 heavy (non-hydrogen) atoms. The summed E-state index contributed by atoms with van der Waals surface area (Å²) in [6.07, 6.45) is 1.31. The second-order valence-corrected chi connectivity index (χ2v) is 3.85. The lowest BCUT2D eigenvalue weighted by Gasteiger charge is -2.06. The van der Waals surface area contributed by atoms with Crippen LogP contribution in [0.5, 0.6) is 0 Å². The van der Waals surface area contributed by atoms with Crippen LogP contribution in [0.3, 0.4) is 0 Å². The van der Waals surface area contributed by atoms with Gasteiger partial charge in [0.15, 0.2) is 0 Å². The van der Waals surface area contributed by atoms with E-state index >= 15 is 0 Å². The molecule has 1 heterocycles. The fourth-order valence-corrected chi connectivity index (χ4v) is 1.46. The predicted octanol–water partition coefficient (Wildman–Crippen LogP) is 3.27. The van der Waals surface area contributed by atoms with Crippen LogP contribution in [0.25, 0.3) is 0 Å². The fraction of sp³-hybridized carbons (Fsp3) is 0. The van der Waals surface area contributed by atoms with Gasteiger partial charge < -0.3 is 5.32 Å². The number of benzene rings is 1. The van der Waals surface area contributed by atoms with Crippen LogP contribution in [-0.4, -0.2) is 10.9 Å². The summed E-state index contributed by atoms with van der Waals surface area (Å²) in [5.41, 5.74) is -0.644. The Balaban J connectivity index is 2.25. The zero-order valence-corrected chi connectivity index (χ0v) is 9.71. The van der Waals surface area contributed by atoms with Crippen LogP contribution < -0.4 is 5.32 Å². The van der Waals surface area contributed by atoms with E-state index in [4.69, 9.17) is 11.6 Å². The third kappa shape index (κ3) is 2.62. The Hall–Kier alpha value is -2.01. The first-order valence-electron chi connectivity index (χ1n) is 4.95. The molecule has 1 aromatic carbocycles. The van der Waals surface area contributed by atoms with Gasteiger partial charge in [0.1, 0.15) is 23.0 Å². The Bertz CT molecular complexity index is 567. The highest BCUT2D eigenvalue weighted by atomic mass is 35.5. The highest BCUT2D eigenvalue weighted by molar-refractivity contribution is 6.30. The summed E-state index contributed by atoms with van der Waals surface area (Å²) < 4.78 is 26.7. The third-order valence-electron chi connectivity index (χ3n) is 2.16. The van der Waals surface area contributed by atoms with Gasteiger partial charge >= 0.3 is 0 Å². The predicted molar refractivity (Wildman–Crippen MR) is 63.6 cm³/mol. The maximum absolute atomic E-state index is 13.3. The fourth-order valence-electron chi connectivity index (χ4n) is 1.34. The average Bonchev–Trinajstić information content (AvgIpc) is 2.32. The van der Waals surface area contributed by atoms with Crippen molar-refractivity contribution in [2.24, 2.45) is 0 Å². The van der Waals surface area contributed by atoms with Crippen LogP contribution in [0.1, 0.15) is 10.4 Å². The molecule has 92 valence electrons. The molecule has 0 aliphatic rings. The van der Waals surface area contributed by atoms with Crippen molar-refractivity contribution in [3.8, 4) is 0 Å². The molecule has 0 aliphatic carbocycles. The van der Waals surface area contributed by atoms with E-state index in [1.807, 2.05) is 0 Å². The second kappa shape index (κ2) is 5.10. The van der Waals surface area contributed by atoms with Gasteiger partial charge in [0, 0.05) is 6.20 Å². The second-order valence-electron chi connectivity index (χ2n) is 3.41. The average molecular weight is 269 g/mol. The number of hydrogen-bond acceptors (Lipinski definition) is 2. The van der Waals surface area contributed by atoms with Crippen LogP contribution in [0.2, 0.25) is 5.02 Å². The number of aromatic nitrogens is 1. The van der Waals surface area contributed by atoms with Crippen molar-refractivity contribution in [1.29, 1.82) is 0 Å². The standard InChI is InChI=1S/C12H7ClF2N2O/c13-7-4-5-10(16-6-7)17-12(18)11-8(14)2-1-3-9(11)15/h1-6H,(H,16,17,18). The molecule has 0 aliphatic heterocycles. The molecule has 0 bridgehead atoms. The zero-order chi connectivity index (χ0) is 13.1. The molecule has 0 spiro atoms. The molecule has 0 unspecified atom stereocenters. The molecule has 0 radical (unpaired) electrons. The molecule has 3 nitrogen and oxygen atoms in total. The molecular formula is C12H7ClF2N2O. The normalized spacial score (nSPS) is 10.2. The summed E-state index contributed by atoms with van der Waals surface area (Å²) in [7, 11) is 0. The van der Waals surface area contributed by atoms with Crippen molar-refractivity contribution >= 4 is 23.3 Å². The van der Waals surface area contributed by atoms with Gasteiger partial charge in [-0.1, -0.05) is 17.7 Å². The maximum Gasteiger partial charge on any atom is 0.262 e. The molecule has 0 fully saturated rings. The van der Waals surface area contributed by atoms with E-state index < -0.39 is 23.1 Å². The van der Waals surface area contributed by atoms with E-state index in [1.165, 1.54) is 24.4 Å². The highest BCUT2D eigenvalue weighted by Crippen LogP contribution is 2.15. The number of anilines is 1. The van der Waals surface area contributed by atoms with Crippen LogP contribution >= 0.6 is 11.6 Å². The Kier molecular flexibility index (Phi) is 3.53. The van der Waals surface area contributed by atoms with Gasteiger partial charge in [0.05, 0.1) is 5.02 Å². The van der Waals surface area contributed by atoms with E-state index in [9.17, 15) is 13.6 Å². The minimum atomic E-state index is -0.929. The van der Waals surface area contributed by atoms with Crippen LogP contribution in [0, 0.1) is 11.6 Å². The third-order valence-corrected chi connectivity index (χ3v) is 2.38. The molecule has 1 N–H and O–H groups in total. The summed E-state index contributed by atoms with van der Waals surface area (Å²) in [6.45, 7) is 0. The number of carbonyl (C=O) groups is 1. The molecule has 0 saturated heterocycles. The molecule has 6 heteroatoms. The molecule has 0 atom stereocenters. The minimum absolute atomic E-state index is 0.159. The molecule has 2 rings (SSSR count). The van der Waals surface area contributed by atoms with Crippen molar-refractivity contribution in [3.63, 3.8) is 0 Å². The van der Waals surface area contributed by atoms with Gasteiger partial charge in [-0.25, -0.2) is 13.8 Å². The van der Waals surface area contributed by atoms with Gasteiger partial charge in [-0.3, -0.25) is 4.79 Å². The summed E-state index contributed by atoms with van der Waals surface area (Å²) in [5.74, 6) is -2.60. The lowest BCUT2D eigenvalue weighted by atomic mass is 10.2. The van der Waals surface area contributed by atoms with Crippen molar-refractivity contribution in [2.45, 2.75) is 0 Å². The van der Waals surface area contributed by atoms with E-state index in [-0.39, 0.29) is 5.82 Å². The number of nitrogens with one attached hydrogen (secondary N) is 1. The van der Waals surface area contributed by atoms with Crippen molar-refractivity contribution in [3.05, 3.63) is 58.7 Å². The van der Waals surface area contributed by atoms with Gasteiger partial charge in [-0.15, -0.1) is 0 Å². The minimum Gasteiger partial charge on any atom is -0.306 e. The lowest BCUT2D eigenvalue weighted by Crippen LogP contribution is -2.16. The Morgan fingerprint density at radius 2 is 1.83 bits per heavy atom. The molecule has 1 amide bonds. The number of rotatable bonds is 2. The van der Waals surface area contributed by atoms with Crippen molar-refractivity contribution < 1.29 is 13.6 Å². The van der Waals surface area contributed by atoms with E-state index in [0.29, 0.717) is 5.02 Å². The van der Waals surface area contributed by atoms with Gasteiger partial charge in [0.25, 0.3) is 5.91 Å². The highest BCUT2D eigenvalue weighted by Gasteiger charge is 2.17. The van der Waals surface area contributed by atoms with E-state index in [1.54, 1.807) is 0 Å². The maximum atomic E-state index is 13.3. The largest absolute Gasteiger partial charge is 0.306 e. The number of amides is 1. The first kappa shape index (κ1) is 12.4. The molecule has 0 saturated carbocycles. The molecule has 2 aromatic rings. The molecular weight excluding hydrogens is 262 g/mol. The molecule has 1 aromatic heterocycles. The van der Waals surface area contributed by atoms with Gasteiger partial charge in [0.2, 0.25) is 0 Å². The number of hydrogen-bond donors (Lipinski definition) is 1. The van der Waals surface area contributed by atoms with Crippen molar-refractivity contribution in [2.75, 3.05) is 5.32 Å².